The molecular weight excluding hydrogens is 636 g/mol. The molecule has 0 saturated carbocycles. The number of likely N-dealkylation sites (N-methyl/N-ethyl adjacent to an activating group) is 1. The van der Waals surface area contributed by atoms with Gasteiger partial charge < -0.3 is 14.1 Å². The second-order valence-electron chi connectivity index (χ2n) is 12.2. The lowest BCUT2D eigenvalue weighted by Gasteiger charge is -2.20. The molecule has 5 aromatic rings. The van der Waals surface area contributed by atoms with Gasteiger partial charge in [-0.1, -0.05) is 23.7 Å². The van der Waals surface area contributed by atoms with E-state index in [1.165, 1.54) is 10.4 Å². The first-order chi connectivity index (χ1) is 22.7. The molecule has 1 saturated heterocycles. The first-order valence-corrected chi connectivity index (χ1v) is 16.9. The van der Waals surface area contributed by atoms with E-state index in [0.29, 0.717) is 42.3 Å². The summed E-state index contributed by atoms with van der Waals surface area (Å²) in [6, 6.07) is 13.3. The van der Waals surface area contributed by atoms with Gasteiger partial charge in [0.25, 0.3) is 0 Å². The number of benzene rings is 2. The molecule has 2 aromatic carbocycles. The third kappa shape index (κ3) is 5.99. The molecule has 0 aliphatic carbocycles. The summed E-state index contributed by atoms with van der Waals surface area (Å²) in [4.78, 5) is 33.0. The quantitative estimate of drug-likeness (QED) is 0.179. The number of rotatable bonds is 9. The predicted molar refractivity (Wildman–Crippen MR) is 182 cm³/mol. The zero-order valence-electron chi connectivity index (χ0n) is 26.7. The van der Waals surface area contributed by atoms with Gasteiger partial charge in [0.05, 0.1) is 17.9 Å². The highest BCUT2D eigenvalue weighted by molar-refractivity contribution is 7.15. The van der Waals surface area contributed by atoms with E-state index in [-0.39, 0.29) is 17.9 Å². The zero-order valence-corrected chi connectivity index (χ0v) is 28.2. The molecule has 0 spiro atoms. The molecular formula is C35H35ClN6O4S. The number of imide groups is 1. The standard InChI is InChI=1S/C35H35ClN6O4S/c1-19-20(2)47-35-31(19)32(22-5-7-23(36)8-6-22)37-28(33-40-39-21(3)42(33)35)13-14-41(4)15-16-45-24-9-11-29-26(17-24)27(18-46-29)25-10-12-30(43)38-34(25)44/h5-9,11,17-18,25,28H,10,12-16H2,1-4H3,(H,38,43,44)/t25?,28-/m0/s1. The van der Waals surface area contributed by atoms with Crippen molar-refractivity contribution in [2.75, 3.05) is 26.7 Å². The molecule has 3 aromatic heterocycles. The number of nitrogens with one attached hydrogen (secondary N) is 1. The Hall–Kier alpha value is -4.32. The molecule has 0 bridgehead atoms. The maximum absolute atomic E-state index is 12.5. The highest BCUT2D eigenvalue weighted by Crippen LogP contribution is 2.40. The number of carbonyl (C=O) groups excluding carboxylic acids is 2. The topological polar surface area (TPSA) is 115 Å². The van der Waals surface area contributed by atoms with E-state index in [2.05, 4.69) is 45.9 Å². The second-order valence-corrected chi connectivity index (χ2v) is 13.8. The molecule has 2 amide bonds. The number of aryl methyl sites for hydroxylation is 2. The number of ether oxygens (including phenoxy) is 1. The zero-order chi connectivity index (χ0) is 32.8. The van der Waals surface area contributed by atoms with Gasteiger partial charge >= 0.3 is 0 Å². The minimum atomic E-state index is -0.421. The van der Waals surface area contributed by atoms with Crippen LogP contribution < -0.4 is 10.1 Å². The number of amides is 2. The molecule has 12 heteroatoms. The van der Waals surface area contributed by atoms with Gasteiger partial charge in [0, 0.05) is 51.5 Å². The molecule has 7 rings (SSSR count). The lowest BCUT2D eigenvalue weighted by molar-refractivity contribution is -0.134. The van der Waals surface area contributed by atoms with Gasteiger partial charge in [-0.05, 0) is 76.6 Å². The molecule has 1 fully saturated rings. The molecule has 2 atom stereocenters. The number of hydrogen-bond acceptors (Lipinski definition) is 9. The first-order valence-electron chi connectivity index (χ1n) is 15.7. The van der Waals surface area contributed by atoms with Crippen molar-refractivity contribution in [3.8, 4) is 10.8 Å². The van der Waals surface area contributed by atoms with Crippen LogP contribution in [-0.2, 0) is 9.59 Å². The number of fused-ring (bicyclic) bond motifs is 4. The van der Waals surface area contributed by atoms with Crippen molar-refractivity contribution >= 4 is 51.4 Å². The molecule has 2 aliphatic rings. The summed E-state index contributed by atoms with van der Waals surface area (Å²) in [5.41, 5.74) is 5.76. The van der Waals surface area contributed by atoms with Gasteiger partial charge in [0.15, 0.2) is 5.82 Å². The van der Waals surface area contributed by atoms with E-state index in [1.54, 1.807) is 17.6 Å². The van der Waals surface area contributed by atoms with Crippen molar-refractivity contribution in [1.29, 1.82) is 0 Å². The lowest BCUT2D eigenvalue weighted by atomic mass is 9.90. The largest absolute Gasteiger partial charge is 0.492 e. The minimum Gasteiger partial charge on any atom is -0.492 e. The highest BCUT2D eigenvalue weighted by Gasteiger charge is 2.32. The number of aromatic nitrogens is 3. The van der Waals surface area contributed by atoms with Gasteiger partial charge in [-0.25, -0.2) is 0 Å². The van der Waals surface area contributed by atoms with E-state index in [1.807, 2.05) is 49.4 Å². The molecule has 10 nitrogen and oxygen atoms in total. The summed E-state index contributed by atoms with van der Waals surface area (Å²) < 4.78 is 14.0. The first kappa shape index (κ1) is 31.3. The molecule has 2 aliphatic heterocycles. The van der Waals surface area contributed by atoms with Crippen LogP contribution in [0.2, 0.25) is 5.02 Å². The molecule has 5 heterocycles. The van der Waals surface area contributed by atoms with E-state index in [9.17, 15) is 9.59 Å². The third-order valence-electron chi connectivity index (χ3n) is 9.07. The van der Waals surface area contributed by atoms with E-state index >= 15 is 0 Å². The number of thiophene rings is 1. The number of furan rings is 1. The summed E-state index contributed by atoms with van der Waals surface area (Å²) >= 11 is 8.00. The Labute approximate surface area is 281 Å². The number of nitrogens with zero attached hydrogens (tertiary/aromatic N) is 5. The van der Waals surface area contributed by atoms with Crippen LogP contribution in [0.25, 0.3) is 16.0 Å². The predicted octanol–water partition coefficient (Wildman–Crippen LogP) is 6.47. The smallest absolute Gasteiger partial charge is 0.234 e. The van der Waals surface area contributed by atoms with Gasteiger partial charge in [-0.3, -0.25) is 24.5 Å². The van der Waals surface area contributed by atoms with Crippen LogP contribution in [-0.4, -0.2) is 63.9 Å². The fraction of sp³-hybridized carbons (Fsp3) is 0.343. The fourth-order valence-electron chi connectivity index (χ4n) is 6.34. The second kappa shape index (κ2) is 12.7. The summed E-state index contributed by atoms with van der Waals surface area (Å²) in [5.74, 6) is 1.44. The van der Waals surface area contributed by atoms with Crippen molar-refractivity contribution in [2.45, 2.75) is 52.0 Å². The molecule has 47 heavy (non-hydrogen) atoms. The lowest BCUT2D eigenvalue weighted by Crippen LogP contribution is -2.39. The van der Waals surface area contributed by atoms with Crippen LogP contribution in [0.5, 0.6) is 5.75 Å². The van der Waals surface area contributed by atoms with Gasteiger partial charge in [0.2, 0.25) is 11.8 Å². The van der Waals surface area contributed by atoms with Crippen molar-refractivity contribution in [1.82, 2.24) is 25.0 Å². The van der Waals surface area contributed by atoms with Crippen LogP contribution in [0.1, 0.15) is 70.0 Å². The summed E-state index contributed by atoms with van der Waals surface area (Å²) in [6.45, 7) is 8.23. The van der Waals surface area contributed by atoms with Gasteiger partial charge in [-0.2, -0.15) is 0 Å². The van der Waals surface area contributed by atoms with E-state index in [4.69, 9.17) is 25.7 Å². The van der Waals surface area contributed by atoms with Crippen molar-refractivity contribution in [3.63, 3.8) is 0 Å². The van der Waals surface area contributed by atoms with Crippen molar-refractivity contribution < 1.29 is 18.7 Å². The number of carbonyl (C=O) groups is 2. The fourth-order valence-corrected chi connectivity index (χ4v) is 7.68. The van der Waals surface area contributed by atoms with Gasteiger partial charge in [0.1, 0.15) is 34.8 Å². The van der Waals surface area contributed by atoms with Crippen molar-refractivity contribution in [2.24, 2.45) is 4.99 Å². The summed E-state index contributed by atoms with van der Waals surface area (Å²) in [6.07, 6.45) is 3.13. The van der Waals surface area contributed by atoms with Gasteiger partial charge in [-0.15, -0.1) is 21.5 Å². The van der Waals surface area contributed by atoms with E-state index < -0.39 is 5.92 Å². The maximum atomic E-state index is 12.5. The number of aliphatic imine (C=N–C) groups is 1. The van der Waals surface area contributed by atoms with Crippen LogP contribution in [0.3, 0.4) is 0 Å². The molecule has 242 valence electrons. The average molecular weight is 671 g/mol. The SMILES string of the molecule is Cc1sc2c(c1C)C(c1ccc(Cl)cc1)=N[C@@H](CCN(C)CCOc1ccc3occ(C4CCC(=O)NC4=O)c3c1)c1nnc(C)n1-2. The Morgan fingerprint density at radius 2 is 1.91 bits per heavy atom. The van der Waals surface area contributed by atoms with Crippen LogP contribution >= 0.6 is 22.9 Å². The molecule has 1 unspecified atom stereocenters. The Bertz CT molecular complexity index is 2030. The average Bonchev–Trinajstić information content (AvgIpc) is 3.70. The van der Waals surface area contributed by atoms with Crippen LogP contribution in [0.4, 0.5) is 0 Å². The number of halogens is 1. The van der Waals surface area contributed by atoms with Crippen LogP contribution in [0, 0.1) is 20.8 Å². The molecule has 1 N–H and O–H groups in total. The molecule has 0 radical (unpaired) electrons. The Morgan fingerprint density at radius 3 is 2.70 bits per heavy atom. The van der Waals surface area contributed by atoms with Crippen molar-refractivity contribution in [3.05, 3.63) is 92.5 Å². The van der Waals surface area contributed by atoms with Crippen LogP contribution in [0.15, 0.2) is 58.1 Å². The number of hydrogen-bond donors (Lipinski definition) is 1. The number of piperidine rings is 1. The van der Waals surface area contributed by atoms with E-state index in [0.717, 1.165) is 57.4 Å². The maximum Gasteiger partial charge on any atom is 0.234 e. The minimum absolute atomic E-state index is 0.196. The summed E-state index contributed by atoms with van der Waals surface area (Å²) in [7, 11) is 2.07. The summed E-state index contributed by atoms with van der Waals surface area (Å²) in [5, 5.41) is 14.1. The Morgan fingerprint density at radius 1 is 1.11 bits per heavy atom. The highest BCUT2D eigenvalue weighted by atomic mass is 35.5. The Balaban J connectivity index is 1.06. The third-order valence-corrected chi connectivity index (χ3v) is 10.5. The monoisotopic (exact) mass is 670 g/mol. The normalized spacial score (nSPS) is 17.8. The Kier molecular flexibility index (Phi) is 8.46.